The van der Waals surface area contributed by atoms with Gasteiger partial charge < -0.3 is 15.4 Å². The topological polar surface area (TPSA) is 50.9 Å². The average molecular weight is 324 g/mol. The highest BCUT2D eigenvalue weighted by molar-refractivity contribution is 9.10. The molecule has 5 heteroatoms. The number of rotatable bonds is 4. The summed E-state index contributed by atoms with van der Waals surface area (Å²) in [5, 5.41) is 0. The predicted octanol–water partition coefficient (Wildman–Crippen LogP) is 2.38. The summed E-state index contributed by atoms with van der Waals surface area (Å²) in [4.78, 5) is 6.65. The van der Waals surface area contributed by atoms with Gasteiger partial charge >= 0.3 is 0 Å². The molecule has 0 aromatic heterocycles. The summed E-state index contributed by atoms with van der Waals surface area (Å²) >= 11 is 3.52. The lowest BCUT2D eigenvalue weighted by Gasteiger charge is -2.39. The van der Waals surface area contributed by atoms with Crippen molar-refractivity contribution in [2.75, 3.05) is 25.2 Å². The third kappa shape index (κ3) is 2.15. The number of halogens is 1. The van der Waals surface area contributed by atoms with Crippen molar-refractivity contribution in [3.8, 4) is 0 Å². The van der Waals surface area contributed by atoms with Gasteiger partial charge in [0.2, 0.25) is 0 Å². The molecule has 1 fully saturated rings. The molecule has 2 aliphatic rings. The minimum Gasteiger partial charge on any atom is -0.382 e. The van der Waals surface area contributed by atoms with Crippen LogP contribution in [0.5, 0.6) is 0 Å². The number of hydrogen-bond donors (Lipinski definition) is 1. The van der Waals surface area contributed by atoms with Crippen molar-refractivity contribution in [3.63, 3.8) is 0 Å². The van der Waals surface area contributed by atoms with Crippen LogP contribution in [0.25, 0.3) is 0 Å². The molecule has 0 spiro atoms. The summed E-state index contributed by atoms with van der Waals surface area (Å²) in [6.07, 6.45) is 2.47. The molecule has 1 aliphatic heterocycles. The van der Waals surface area contributed by atoms with Gasteiger partial charge in [-0.05, 0) is 37.0 Å². The third-order valence-electron chi connectivity index (χ3n) is 3.99. The van der Waals surface area contributed by atoms with Gasteiger partial charge in [-0.15, -0.1) is 0 Å². The minimum atomic E-state index is -0.0976. The van der Waals surface area contributed by atoms with Gasteiger partial charge in [0.15, 0.2) is 5.96 Å². The number of nitrogens with zero attached hydrogens (tertiary/aromatic N) is 2. The quantitative estimate of drug-likeness (QED) is 0.925. The lowest BCUT2D eigenvalue weighted by atomic mass is 9.92. The van der Waals surface area contributed by atoms with Crippen molar-refractivity contribution in [1.29, 1.82) is 0 Å². The van der Waals surface area contributed by atoms with Crippen LogP contribution in [0, 0.1) is 5.92 Å². The lowest BCUT2D eigenvalue weighted by molar-refractivity contribution is 0.129. The molecule has 3 rings (SSSR count). The van der Waals surface area contributed by atoms with E-state index in [9.17, 15) is 0 Å². The van der Waals surface area contributed by atoms with Gasteiger partial charge in [-0.25, -0.2) is 0 Å². The zero-order valence-electron chi connectivity index (χ0n) is 11.0. The van der Waals surface area contributed by atoms with Gasteiger partial charge in [0, 0.05) is 17.3 Å². The van der Waals surface area contributed by atoms with E-state index in [0.717, 1.165) is 16.7 Å². The van der Waals surface area contributed by atoms with Crippen molar-refractivity contribution >= 4 is 27.6 Å². The molecule has 2 N–H and O–H groups in total. The smallest absolute Gasteiger partial charge is 0.196 e. The molecule has 1 aliphatic carbocycles. The van der Waals surface area contributed by atoms with Gasteiger partial charge in [0.05, 0.1) is 18.7 Å². The number of benzene rings is 1. The van der Waals surface area contributed by atoms with E-state index in [1.165, 1.54) is 12.8 Å². The maximum absolute atomic E-state index is 6.14. The summed E-state index contributed by atoms with van der Waals surface area (Å²) in [5.41, 5.74) is 7.12. The third-order valence-corrected chi connectivity index (χ3v) is 4.48. The molecule has 0 amide bonds. The molecule has 0 radical (unpaired) electrons. The van der Waals surface area contributed by atoms with E-state index < -0.39 is 0 Å². The Morgan fingerprint density at radius 3 is 2.95 bits per heavy atom. The van der Waals surface area contributed by atoms with E-state index >= 15 is 0 Å². The van der Waals surface area contributed by atoms with E-state index in [4.69, 9.17) is 10.5 Å². The van der Waals surface area contributed by atoms with Crippen LogP contribution >= 0.6 is 15.9 Å². The minimum absolute atomic E-state index is 0.0976. The molecule has 0 bridgehead atoms. The summed E-state index contributed by atoms with van der Waals surface area (Å²) in [7, 11) is 1.75. The van der Waals surface area contributed by atoms with Crippen molar-refractivity contribution in [1.82, 2.24) is 0 Å². The molecule has 1 unspecified atom stereocenters. The van der Waals surface area contributed by atoms with E-state index in [1.807, 2.05) is 12.1 Å². The van der Waals surface area contributed by atoms with Crippen LogP contribution in [0.2, 0.25) is 0 Å². The zero-order chi connectivity index (χ0) is 13.5. The second kappa shape index (κ2) is 4.80. The Bertz CT molecular complexity index is 515. The van der Waals surface area contributed by atoms with Crippen molar-refractivity contribution in [2.24, 2.45) is 16.6 Å². The zero-order valence-corrected chi connectivity index (χ0v) is 12.6. The second-order valence-corrected chi connectivity index (χ2v) is 6.22. The molecule has 102 valence electrons. The van der Waals surface area contributed by atoms with Crippen LogP contribution in [0.15, 0.2) is 33.7 Å². The molecule has 1 aromatic carbocycles. The molecule has 1 atom stereocenters. The molecular formula is C14H18BrN3O. The lowest BCUT2D eigenvalue weighted by Crippen LogP contribution is -2.56. The molecule has 0 saturated heterocycles. The van der Waals surface area contributed by atoms with E-state index in [2.05, 4.69) is 38.0 Å². The number of methoxy groups -OCH3 is 1. The Morgan fingerprint density at radius 1 is 1.53 bits per heavy atom. The first-order valence-electron chi connectivity index (χ1n) is 6.52. The molecular weight excluding hydrogens is 306 g/mol. The van der Waals surface area contributed by atoms with Crippen LogP contribution in [-0.2, 0) is 4.74 Å². The van der Waals surface area contributed by atoms with Gasteiger partial charge in [0.1, 0.15) is 0 Å². The van der Waals surface area contributed by atoms with Gasteiger partial charge in [-0.1, -0.05) is 22.0 Å². The molecule has 1 heterocycles. The number of ether oxygens (including phenoxy) is 1. The number of nitrogens with two attached hydrogens (primary N) is 1. The number of aliphatic imine (C=N–C) groups is 1. The van der Waals surface area contributed by atoms with Gasteiger partial charge in [0.25, 0.3) is 0 Å². The predicted molar refractivity (Wildman–Crippen MR) is 80.4 cm³/mol. The van der Waals surface area contributed by atoms with Gasteiger partial charge in [-0.3, -0.25) is 4.99 Å². The fourth-order valence-electron chi connectivity index (χ4n) is 3.00. The standard InChI is InChI=1S/C14H18BrN3O/c1-19-9-14(10-5-6-10)8-17-13(16)18(14)12-4-2-3-11(15)7-12/h2-4,7,10H,5-6,8-9H2,1H3,(H2,16,17). The summed E-state index contributed by atoms with van der Waals surface area (Å²) in [5.74, 6) is 1.22. The van der Waals surface area contributed by atoms with Crippen LogP contribution in [0.4, 0.5) is 5.69 Å². The SMILES string of the molecule is COCC1(C2CC2)CN=C(N)N1c1cccc(Br)c1. The maximum atomic E-state index is 6.14. The van der Waals surface area contributed by atoms with E-state index in [-0.39, 0.29) is 5.54 Å². The van der Waals surface area contributed by atoms with Crippen LogP contribution in [0.3, 0.4) is 0 Å². The van der Waals surface area contributed by atoms with E-state index in [1.54, 1.807) is 7.11 Å². The molecule has 1 aromatic rings. The molecule has 19 heavy (non-hydrogen) atoms. The van der Waals surface area contributed by atoms with Crippen molar-refractivity contribution in [3.05, 3.63) is 28.7 Å². The normalized spacial score (nSPS) is 26.6. The van der Waals surface area contributed by atoms with Crippen LogP contribution in [0.1, 0.15) is 12.8 Å². The number of anilines is 1. The molecule has 1 saturated carbocycles. The Hall–Kier alpha value is -1.07. The summed E-state index contributed by atoms with van der Waals surface area (Å²) < 4.78 is 6.53. The van der Waals surface area contributed by atoms with Crippen molar-refractivity contribution in [2.45, 2.75) is 18.4 Å². The Morgan fingerprint density at radius 2 is 2.32 bits per heavy atom. The first-order chi connectivity index (χ1) is 9.17. The van der Waals surface area contributed by atoms with Crippen LogP contribution in [-0.4, -0.2) is 31.8 Å². The highest BCUT2D eigenvalue weighted by Crippen LogP contribution is 2.47. The summed E-state index contributed by atoms with van der Waals surface area (Å²) in [6, 6.07) is 8.20. The highest BCUT2D eigenvalue weighted by atomic mass is 79.9. The summed E-state index contributed by atoms with van der Waals surface area (Å²) in [6.45, 7) is 1.39. The van der Waals surface area contributed by atoms with Crippen molar-refractivity contribution < 1.29 is 4.74 Å². The Kier molecular flexibility index (Phi) is 3.27. The van der Waals surface area contributed by atoms with Crippen LogP contribution < -0.4 is 10.6 Å². The fourth-order valence-corrected chi connectivity index (χ4v) is 3.39. The number of guanidine groups is 1. The Balaban J connectivity index is 2.01. The maximum Gasteiger partial charge on any atom is 0.196 e. The number of hydrogen-bond acceptors (Lipinski definition) is 4. The largest absolute Gasteiger partial charge is 0.382 e. The fraction of sp³-hybridized carbons (Fsp3) is 0.500. The average Bonchev–Trinajstić information content (AvgIpc) is 3.17. The monoisotopic (exact) mass is 323 g/mol. The first-order valence-corrected chi connectivity index (χ1v) is 7.31. The molecule has 4 nitrogen and oxygen atoms in total. The Labute approximate surface area is 121 Å². The van der Waals surface area contributed by atoms with E-state index in [0.29, 0.717) is 18.5 Å². The van der Waals surface area contributed by atoms with Gasteiger partial charge in [-0.2, -0.15) is 0 Å². The highest BCUT2D eigenvalue weighted by Gasteiger charge is 2.53. The first kappa shape index (κ1) is 12.9. The second-order valence-electron chi connectivity index (χ2n) is 5.30.